The summed E-state index contributed by atoms with van der Waals surface area (Å²) in [5.74, 6) is -6.41. The molecule has 0 aliphatic carbocycles. The third kappa shape index (κ3) is 5.61. The molecule has 0 unspecified atom stereocenters. The monoisotopic (exact) mass is 446 g/mol. The minimum atomic E-state index is -3.34. The van der Waals surface area contributed by atoms with Crippen LogP contribution in [0.4, 0.5) is 0 Å². The number of benzene rings is 2. The van der Waals surface area contributed by atoms with Gasteiger partial charge in [0.25, 0.3) is 0 Å². The minimum absolute atomic E-state index is 0.165. The average Bonchev–Trinajstić information content (AvgIpc) is 2.74. The van der Waals surface area contributed by atoms with Crippen LogP contribution in [-0.2, 0) is 35.1 Å². The second kappa shape index (κ2) is 10.9. The molecule has 0 spiro atoms. The van der Waals surface area contributed by atoms with E-state index in [-0.39, 0.29) is 6.79 Å². The average molecular weight is 446 g/mol. The number of carboxylic acid groups (broad SMARTS) is 2. The largest absolute Gasteiger partial charge is 0.480 e. The van der Waals surface area contributed by atoms with Crippen LogP contribution in [0, 0.1) is 5.41 Å². The molecule has 0 saturated heterocycles. The predicted octanol–water partition coefficient (Wildman–Crippen LogP) is 1.88. The van der Waals surface area contributed by atoms with E-state index in [1.807, 2.05) is 24.3 Å². The normalized spacial score (nSPS) is 10.8. The Morgan fingerprint density at radius 3 is 1.59 bits per heavy atom. The number of carbonyl (C=O) groups is 4. The topological polar surface area (TPSA) is 146 Å². The molecule has 0 aliphatic rings. The number of Topliss-reactive ketones (excluding diaryl/α,β-unsaturated/α-hetero) is 1. The highest BCUT2D eigenvalue weighted by molar-refractivity contribution is 6.33. The van der Waals surface area contributed by atoms with Crippen molar-refractivity contribution in [1.29, 1.82) is 0 Å². The number of hydrogen-bond donors (Lipinski definition) is 2. The van der Waals surface area contributed by atoms with Gasteiger partial charge in [-0.15, -0.1) is 0 Å². The summed E-state index contributed by atoms with van der Waals surface area (Å²) in [6, 6.07) is 14.3. The summed E-state index contributed by atoms with van der Waals surface area (Å²) in [7, 11) is 1.54. The van der Waals surface area contributed by atoms with Gasteiger partial charge in [-0.2, -0.15) is 0 Å². The van der Waals surface area contributed by atoms with Gasteiger partial charge in [-0.1, -0.05) is 24.3 Å². The van der Waals surface area contributed by atoms with Gasteiger partial charge in [0.05, 0.1) is 0 Å². The van der Waals surface area contributed by atoms with E-state index in [1.54, 1.807) is 24.3 Å². The van der Waals surface area contributed by atoms with Crippen LogP contribution in [-0.4, -0.2) is 54.6 Å². The van der Waals surface area contributed by atoms with Crippen molar-refractivity contribution in [3.05, 3.63) is 59.7 Å². The highest BCUT2D eigenvalue weighted by atomic mass is 16.7. The van der Waals surface area contributed by atoms with E-state index in [0.29, 0.717) is 24.8 Å². The molecule has 2 aromatic rings. The number of ketones is 1. The third-order valence-electron chi connectivity index (χ3n) is 4.49. The van der Waals surface area contributed by atoms with Crippen LogP contribution in [0.15, 0.2) is 48.5 Å². The zero-order valence-electron chi connectivity index (χ0n) is 17.4. The Hall–Kier alpha value is -3.92. The molecule has 10 heteroatoms. The lowest BCUT2D eigenvalue weighted by Gasteiger charge is -2.19. The molecule has 0 fully saturated rings. The van der Waals surface area contributed by atoms with Crippen molar-refractivity contribution in [3.63, 3.8) is 0 Å². The zero-order chi connectivity index (χ0) is 23.7. The van der Waals surface area contributed by atoms with Crippen molar-refractivity contribution >= 4 is 23.7 Å². The van der Waals surface area contributed by atoms with Gasteiger partial charge in [-0.05, 0) is 48.7 Å². The number of aliphatic carboxylic acids is 2. The molecule has 0 aliphatic heterocycles. The second-order valence-corrected chi connectivity index (χ2v) is 6.63. The molecular formula is C22H22O10. The summed E-state index contributed by atoms with van der Waals surface area (Å²) in [5, 5.41) is 18.2. The van der Waals surface area contributed by atoms with Crippen LogP contribution in [0.2, 0.25) is 0 Å². The third-order valence-corrected chi connectivity index (χ3v) is 4.49. The first-order valence-corrected chi connectivity index (χ1v) is 9.29. The lowest BCUT2D eigenvalue weighted by Crippen LogP contribution is -2.52. The highest BCUT2D eigenvalue weighted by Gasteiger charge is 2.60. The Labute approximate surface area is 183 Å². The van der Waals surface area contributed by atoms with Gasteiger partial charge >= 0.3 is 23.3 Å². The Morgan fingerprint density at radius 2 is 1.22 bits per heavy atom. The maximum atomic E-state index is 12.0. The lowest BCUT2D eigenvalue weighted by atomic mass is 9.84. The molecule has 0 atom stereocenters. The van der Waals surface area contributed by atoms with Gasteiger partial charge < -0.3 is 29.2 Å². The molecule has 32 heavy (non-hydrogen) atoms. The van der Waals surface area contributed by atoms with Gasteiger partial charge in [0.2, 0.25) is 6.79 Å². The molecule has 0 amide bonds. The van der Waals surface area contributed by atoms with Crippen molar-refractivity contribution in [2.75, 3.05) is 20.7 Å². The maximum Gasteiger partial charge on any atom is 0.345 e. The van der Waals surface area contributed by atoms with Crippen LogP contribution < -0.4 is 9.47 Å². The number of rotatable bonds is 12. The Bertz CT molecular complexity index is 927. The number of esters is 1. The molecule has 0 radical (unpaired) electrons. The standard InChI is InChI=1S/C22H22O10/c1-14(23)22(19(24)25,20(26)27)21(28)32-13-31-18-9-5-16(6-10-18)11-15-3-7-17(8-4-15)30-12-29-2/h3-10H,11-13H2,1-2H3,(H,24,25)(H,26,27). The number of carbonyl (C=O) groups excluding carboxylic acids is 2. The zero-order valence-corrected chi connectivity index (χ0v) is 17.4. The molecule has 10 nitrogen and oxygen atoms in total. The molecular weight excluding hydrogens is 424 g/mol. The fraction of sp³-hybridized carbons (Fsp3) is 0.273. The fourth-order valence-corrected chi connectivity index (χ4v) is 2.74. The van der Waals surface area contributed by atoms with E-state index in [9.17, 15) is 19.2 Å². The van der Waals surface area contributed by atoms with Crippen molar-refractivity contribution in [2.24, 2.45) is 5.41 Å². The van der Waals surface area contributed by atoms with E-state index in [0.717, 1.165) is 11.1 Å². The predicted molar refractivity (Wildman–Crippen MR) is 108 cm³/mol. The van der Waals surface area contributed by atoms with Crippen molar-refractivity contribution in [2.45, 2.75) is 13.3 Å². The first kappa shape index (κ1) is 24.4. The first-order valence-electron chi connectivity index (χ1n) is 9.29. The van der Waals surface area contributed by atoms with Crippen LogP contribution in [0.3, 0.4) is 0 Å². The highest BCUT2D eigenvalue weighted by Crippen LogP contribution is 2.23. The summed E-state index contributed by atoms with van der Waals surface area (Å²) >= 11 is 0. The Balaban J connectivity index is 1.93. The molecule has 0 aromatic heterocycles. The number of ether oxygens (including phenoxy) is 4. The van der Waals surface area contributed by atoms with Crippen molar-refractivity contribution in [1.82, 2.24) is 0 Å². The van der Waals surface area contributed by atoms with Crippen LogP contribution in [0.5, 0.6) is 11.5 Å². The van der Waals surface area contributed by atoms with Gasteiger partial charge in [-0.3, -0.25) is 4.79 Å². The number of methoxy groups -OCH3 is 1. The summed E-state index contributed by atoms with van der Waals surface area (Å²) in [4.78, 5) is 46.1. The van der Waals surface area contributed by atoms with Gasteiger partial charge in [0, 0.05) is 7.11 Å². The number of carboxylic acids is 2. The Morgan fingerprint density at radius 1 is 0.781 bits per heavy atom. The first-order chi connectivity index (χ1) is 15.2. The lowest BCUT2D eigenvalue weighted by molar-refractivity contribution is -0.182. The van der Waals surface area contributed by atoms with Gasteiger partial charge in [0.15, 0.2) is 12.6 Å². The molecule has 0 heterocycles. The van der Waals surface area contributed by atoms with Crippen LogP contribution >= 0.6 is 0 Å². The van der Waals surface area contributed by atoms with Crippen molar-refractivity contribution < 1.29 is 48.3 Å². The molecule has 170 valence electrons. The van der Waals surface area contributed by atoms with E-state index in [2.05, 4.69) is 4.74 Å². The van der Waals surface area contributed by atoms with E-state index >= 15 is 0 Å². The summed E-state index contributed by atoms with van der Waals surface area (Å²) in [6.45, 7) is 0.0818. The van der Waals surface area contributed by atoms with E-state index in [4.69, 9.17) is 24.4 Å². The smallest absolute Gasteiger partial charge is 0.345 e. The quantitative estimate of drug-likeness (QED) is 0.281. The van der Waals surface area contributed by atoms with Crippen LogP contribution in [0.25, 0.3) is 0 Å². The van der Waals surface area contributed by atoms with E-state index in [1.165, 1.54) is 7.11 Å². The van der Waals surface area contributed by atoms with Gasteiger partial charge in [0.1, 0.15) is 11.5 Å². The van der Waals surface area contributed by atoms with Crippen molar-refractivity contribution in [3.8, 4) is 11.5 Å². The maximum absolute atomic E-state index is 12.0. The summed E-state index contributed by atoms with van der Waals surface area (Å²) in [5.41, 5.74) is -1.33. The molecule has 2 N–H and O–H groups in total. The van der Waals surface area contributed by atoms with E-state index < -0.39 is 35.9 Å². The van der Waals surface area contributed by atoms with Gasteiger partial charge in [-0.25, -0.2) is 14.4 Å². The molecule has 0 saturated carbocycles. The second-order valence-electron chi connectivity index (χ2n) is 6.63. The SMILES string of the molecule is COCOc1ccc(Cc2ccc(OCOC(=O)C(C(C)=O)(C(=O)O)C(=O)O)cc2)cc1. The summed E-state index contributed by atoms with van der Waals surface area (Å²) < 4.78 is 20.0. The fourth-order valence-electron chi connectivity index (χ4n) is 2.74. The number of hydrogen-bond acceptors (Lipinski definition) is 8. The van der Waals surface area contributed by atoms with Crippen LogP contribution in [0.1, 0.15) is 18.1 Å². The molecule has 2 rings (SSSR count). The summed E-state index contributed by atoms with van der Waals surface area (Å²) in [6.07, 6.45) is 0.637. The molecule has 2 aromatic carbocycles. The minimum Gasteiger partial charge on any atom is -0.480 e. The molecule has 0 bridgehead atoms. The Kier molecular flexibility index (Phi) is 8.31.